The average molecular weight is 308 g/mol. The number of nitrogens with zero attached hydrogens (tertiary/aromatic N) is 2. The number of hydrogen-bond acceptors (Lipinski definition) is 2. The quantitative estimate of drug-likeness (QED) is 0.467. The van der Waals surface area contributed by atoms with E-state index in [2.05, 4.69) is 61.3 Å². The summed E-state index contributed by atoms with van der Waals surface area (Å²) >= 11 is 1.85. The molecular weight excluding hydrogens is 288 g/mol. The van der Waals surface area contributed by atoms with Crippen molar-refractivity contribution in [1.29, 1.82) is 0 Å². The van der Waals surface area contributed by atoms with E-state index in [1.54, 1.807) is 0 Å². The molecule has 1 heterocycles. The summed E-state index contributed by atoms with van der Waals surface area (Å²) in [6.07, 6.45) is 1.85. The minimum Gasteiger partial charge on any atom is -0.369 e. The van der Waals surface area contributed by atoms with Crippen molar-refractivity contribution in [3.8, 4) is 10.4 Å². The Labute approximate surface area is 135 Å². The molecule has 0 aliphatic heterocycles. The van der Waals surface area contributed by atoms with Crippen LogP contribution < -0.4 is 0 Å². The first-order valence-corrected chi connectivity index (χ1v) is 8.17. The van der Waals surface area contributed by atoms with Crippen molar-refractivity contribution in [3.63, 3.8) is 0 Å². The van der Waals surface area contributed by atoms with Gasteiger partial charge in [-0.1, -0.05) is 18.2 Å². The molecule has 0 radical (unpaired) electrons. The number of aryl methyl sites for hydroxylation is 2. The van der Waals surface area contributed by atoms with Crippen LogP contribution in [0.1, 0.15) is 11.1 Å². The van der Waals surface area contributed by atoms with Crippen molar-refractivity contribution in [3.05, 3.63) is 53.6 Å². The summed E-state index contributed by atoms with van der Waals surface area (Å²) in [5.41, 5.74) is 4.82. The molecule has 0 aliphatic rings. The third-order valence-electron chi connectivity index (χ3n) is 3.66. The highest BCUT2D eigenvalue weighted by Gasteiger charge is 2.09. The summed E-state index contributed by atoms with van der Waals surface area (Å²) in [7, 11) is 3.97. The Morgan fingerprint density at radius 2 is 1.77 bits per heavy atom. The first-order valence-electron chi connectivity index (χ1n) is 7.35. The molecule has 0 amide bonds. The van der Waals surface area contributed by atoms with Gasteiger partial charge in [0, 0.05) is 23.7 Å². The van der Waals surface area contributed by atoms with E-state index in [1.165, 1.54) is 31.7 Å². The number of thiophene rings is 1. The molecule has 112 valence electrons. The lowest BCUT2D eigenvalue weighted by atomic mass is 10.0. The van der Waals surface area contributed by atoms with Crippen molar-refractivity contribution in [2.45, 2.75) is 13.8 Å². The second kappa shape index (κ2) is 5.93. The predicted molar refractivity (Wildman–Crippen MR) is 98.6 cm³/mol. The fraction of sp³-hybridized carbons (Fsp3) is 0.211. The third-order valence-corrected chi connectivity index (χ3v) is 4.81. The van der Waals surface area contributed by atoms with Crippen LogP contribution in [-0.4, -0.2) is 25.3 Å². The normalized spacial score (nSPS) is 11.5. The monoisotopic (exact) mass is 308 g/mol. The van der Waals surface area contributed by atoms with Gasteiger partial charge in [0.1, 0.15) is 0 Å². The number of hydrogen-bond donors (Lipinski definition) is 0. The Kier molecular flexibility index (Phi) is 3.99. The van der Waals surface area contributed by atoms with E-state index in [-0.39, 0.29) is 0 Å². The summed E-state index contributed by atoms with van der Waals surface area (Å²) in [5, 5.41) is 1.31. The average Bonchev–Trinajstić information content (AvgIpc) is 2.91. The number of aliphatic imine (C=N–C) groups is 1. The van der Waals surface area contributed by atoms with Gasteiger partial charge in [-0.15, -0.1) is 11.3 Å². The van der Waals surface area contributed by atoms with Crippen LogP contribution >= 0.6 is 11.3 Å². The molecule has 0 N–H and O–H groups in total. The van der Waals surface area contributed by atoms with E-state index < -0.39 is 0 Å². The zero-order valence-electron chi connectivity index (χ0n) is 13.4. The lowest BCUT2D eigenvalue weighted by Crippen LogP contribution is -2.07. The standard InChI is InChI=1S/C19H20N2S/c1-13-10-17(20-12-21(3)4)14(2)9-16(13)19-11-15-7-5-6-8-18(15)22-19/h5-12H,1-4H3. The maximum absolute atomic E-state index is 4.55. The highest BCUT2D eigenvalue weighted by molar-refractivity contribution is 7.22. The van der Waals surface area contributed by atoms with Crippen LogP contribution in [0, 0.1) is 13.8 Å². The van der Waals surface area contributed by atoms with Gasteiger partial charge < -0.3 is 4.90 Å². The zero-order valence-corrected chi connectivity index (χ0v) is 14.2. The smallest absolute Gasteiger partial charge is 0.0907 e. The van der Waals surface area contributed by atoms with Crippen LogP contribution in [0.5, 0.6) is 0 Å². The van der Waals surface area contributed by atoms with Gasteiger partial charge in [0.25, 0.3) is 0 Å². The summed E-state index contributed by atoms with van der Waals surface area (Å²) < 4.78 is 1.34. The Bertz CT molecular complexity index is 811. The number of fused-ring (bicyclic) bond motifs is 1. The topological polar surface area (TPSA) is 15.6 Å². The third kappa shape index (κ3) is 2.90. The molecular formula is C19H20N2S. The van der Waals surface area contributed by atoms with Gasteiger partial charge in [-0.3, -0.25) is 0 Å². The molecule has 0 fully saturated rings. The minimum absolute atomic E-state index is 1.04. The molecule has 3 rings (SSSR count). The molecule has 0 bridgehead atoms. The molecule has 0 saturated carbocycles. The van der Waals surface area contributed by atoms with E-state index in [1.807, 2.05) is 36.7 Å². The van der Waals surface area contributed by atoms with E-state index in [4.69, 9.17) is 0 Å². The molecule has 0 unspecified atom stereocenters. The SMILES string of the molecule is Cc1cc(-c2cc3ccccc3s2)c(C)cc1N=CN(C)C. The van der Waals surface area contributed by atoms with Crippen LogP contribution in [0.15, 0.2) is 47.5 Å². The molecule has 0 atom stereocenters. The maximum atomic E-state index is 4.55. The lowest BCUT2D eigenvalue weighted by Gasteiger charge is -2.09. The second-order valence-corrected chi connectivity index (χ2v) is 6.89. The predicted octanol–water partition coefficient (Wildman–Crippen LogP) is 5.41. The highest BCUT2D eigenvalue weighted by atomic mass is 32.1. The molecule has 2 nitrogen and oxygen atoms in total. The molecule has 0 spiro atoms. The fourth-order valence-electron chi connectivity index (χ4n) is 2.50. The van der Waals surface area contributed by atoms with E-state index >= 15 is 0 Å². The zero-order chi connectivity index (χ0) is 15.7. The number of rotatable bonds is 3. The van der Waals surface area contributed by atoms with Gasteiger partial charge in [-0.05, 0) is 60.2 Å². The van der Waals surface area contributed by atoms with Gasteiger partial charge in [0.15, 0.2) is 0 Å². The van der Waals surface area contributed by atoms with Gasteiger partial charge in [0.2, 0.25) is 0 Å². The molecule has 0 saturated heterocycles. The van der Waals surface area contributed by atoms with E-state index in [0.29, 0.717) is 0 Å². The number of benzene rings is 2. The van der Waals surface area contributed by atoms with Crippen LogP contribution in [0.25, 0.3) is 20.5 Å². The lowest BCUT2D eigenvalue weighted by molar-refractivity contribution is 0.643. The van der Waals surface area contributed by atoms with Gasteiger partial charge in [-0.25, -0.2) is 4.99 Å². The summed E-state index contributed by atoms with van der Waals surface area (Å²) in [6, 6.07) is 15.3. The van der Waals surface area contributed by atoms with Crippen molar-refractivity contribution in [1.82, 2.24) is 4.90 Å². The maximum Gasteiger partial charge on any atom is 0.0907 e. The van der Waals surface area contributed by atoms with Gasteiger partial charge >= 0.3 is 0 Å². The molecule has 22 heavy (non-hydrogen) atoms. The fourth-order valence-corrected chi connectivity index (χ4v) is 3.64. The summed E-state index contributed by atoms with van der Waals surface area (Å²) in [5.74, 6) is 0. The molecule has 3 heteroatoms. The van der Waals surface area contributed by atoms with Crippen LogP contribution in [-0.2, 0) is 0 Å². The first-order chi connectivity index (χ1) is 10.5. The highest BCUT2D eigenvalue weighted by Crippen LogP contribution is 2.37. The Morgan fingerprint density at radius 1 is 1.00 bits per heavy atom. The Balaban J connectivity index is 2.06. The minimum atomic E-state index is 1.04. The van der Waals surface area contributed by atoms with Crippen molar-refractivity contribution in [2.75, 3.05) is 14.1 Å². The molecule has 3 aromatic rings. The van der Waals surface area contributed by atoms with Crippen molar-refractivity contribution < 1.29 is 0 Å². The van der Waals surface area contributed by atoms with Crippen LogP contribution in [0.3, 0.4) is 0 Å². The van der Waals surface area contributed by atoms with Gasteiger partial charge in [0.05, 0.1) is 12.0 Å². The Morgan fingerprint density at radius 3 is 2.50 bits per heavy atom. The first kappa shape index (κ1) is 14.8. The van der Waals surface area contributed by atoms with Crippen molar-refractivity contribution in [2.24, 2.45) is 4.99 Å². The molecule has 0 aliphatic carbocycles. The van der Waals surface area contributed by atoms with E-state index in [0.717, 1.165) is 5.69 Å². The molecule has 1 aromatic heterocycles. The van der Waals surface area contributed by atoms with E-state index in [9.17, 15) is 0 Å². The van der Waals surface area contributed by atoms with Crippen LogP contribution in [0.2, 0.25) is 0 Å². The Hall–Kier alpha value is -2.13. The molecule has 2 aromatic carbocycles. The summed E-state index contributed by atoms with van der Waals surface area (Å²) in [4.78, 5) is 7.83. The van der Waals surface area contributed by atoms with Crippen LogP contribution in [0.4, 0.5) is 5.69 Å². The van der Waals surface area contributed by atoms with Crippen molar-refractivity contribution >= 4 is 33.4 Å². The largest absolute Gasteiger partial charge is 0.369 e. The summed E-state index contributed by atoms with van der Waals surface area (Å²) in [6.45, 7) is 4.28. The second-order valence-electron chi connectivity index (χ2n) is 5.81. The van der Waals surface area contributed by atoms with Gasteiger partial charge in [-0.2, -0.15) is 0 Å².